The molecule has 0 radical (unpaired) electrons. The van der Waals surface area contributed by atoms with Crippen molar-refractivity contribution in [2.45, 2.75) is 38.1 Å². The van der Waals surface area contributed by atoms with E-state index in [4.69, 9.17) is 10.5 Å². The lowest BCUT2D eigenvalue weighted by molar-refractivity contribution is 0.0825. The molecule has 1 saturated carbocycles. The fraction of sp³-hybridized carbons (Fsp3) is 0.692. The standard InChI is InChI=1S/C13H22N4O2S/c1-3-13(5-4-6-13)17-11(18)9-10(14)16-12(20-9)15-7-8-19-2/h3-8,14H2,1-2H3,(H,15,16)(H,17,18). The first kappa shape index (κ1) is 15.1. The van der Waals surface area contributed by atoms with E-state index < -0.39 is 0 Å². The number of nitrogens with two attached hydrogens (primary N) is 1. The molecule has 7 heteroatoms. The number of rotatable bonds is 7. The number of ether oxygens (including phenoxy) is 1. The summed E-state index contributed by atoms with van der Waals surface area (Å²) in [5.74, 6) is 0.180. The summed E-state index contributed by atoms with van der Waals surface area (Å²) < 4.78 is 4.95. The van der Waals surface area contributed by atoms with Gasteiger partial charge in [0, 0.05) is 19.2 Å². The second kappa shape index (κ2) is 6.41. The second-order valence-corrected chi connectivity index (χ2v) is 6.09. The maximum absolute atomic E-state index is 12.3. The van der Waals surface area contributed by atoms with Crippen LogP contribution in [0.2, 0.25) is 0 Å². The molecule has 2 rings (SSSR count). The van der Waals surface area contributed by atoms with E-state index >= 15 is 0 Å². The number of nitrogens with zero attached hydrogens (tertiary/aromatic N) is 1. The number of anilines is 2. The first-order valence-corrected chi connectivity index (χ1v) is 7.73. The fourth-order valence-corrected chi connectivity index (χ4v) is 3.10. The van der Waals surface area contributed by atoms with Crippen molar-refractivity contribution in [3.8, 4) is 0 Å². The molecule has 1 heterocycles. The molecule has 0 aliphatic heterocycles. The molecular formula is C13H22N4O2S. The molecule has 6 nitrogen and oxygen atoms in total. The molecule has 4 N–H and O–H groups in total. The lowest BCUT2D eigenvalue weighted by atomic mass is 9.75. The third-order valence-electron chi connectivity index (χ3n) is 3.81. The Hall–Kier alpha value is -1.34. The van der Waals surface area contributed by atoms with Crippen molar-refractivity contribution in [1.82, 2.24) is 10.3 Å². The molecule has 1 aliphatic rings. The van der Waals surface area contributed by atoms with Crippen LogP contribution in [0.4, 0.5) is 10.9 Å². The SMILES string of the molecule is CCC1(NC(=O)c2sc(NCCOC)nc2N)CCC1. The highest BCUT2D eigenvalue weighted by Gasteiger charge is 2.37. The van der Waals surface area contributed by atoms with Gasteiger partial charge in [-0.3, -0.25) is 4.79 Å². The van der Waals surface area contributed by atoms with Gasteiger partial charge in [-0.15, -0.1) is 0 Å². The minimum absolute atomic E-state index is 0.0306. The van der Waals surface area contributed by atoms with Gasteiger partial charge in [0.05, 0.1) is 6.61 Å². The summed E-state index contributed by atoms with van der Waals surface area (Å²) in [5.41, 5.74) is 5.80. The van der Waals surface area contributed by atoms with E-state index in [0.717, 1.165) is 19.3 Å². The topological polar surface area (TPSA) is 89.3 Å². The Kier molecular flexibility index (Phi) is 4.82. The second-order valence-electron chi connectivity index (χ2n) is 5.09. The van der Waals surface area contributed by atoms with Gasteiger partial charge in [-0.05, 0) is 25.7 Å². The number of nitrogens with one attached hydrogen (secondary N) is 2. The number of amides is 1. The largest absolute Gasteiger partial charge is 0.383 e. The van der Waals surface area contributed by atoms with Crippen molar-refractivity contribution >= 4 is 28.2 Å². The van der Waals surface area contributed by atoms with Crippen LogP contribution in [0, 0.1) is 0 Å². The Morgan fingerprint density at radius 2 is 2.30 bits per heavy atom. The van der Waals surface area contributed by atoms with Crippen molar-refractivity contribution in [2.75, 3.05) is 31.3 Å². The van der Waals surface area contributed by atoms with E-state index in [-0.39, 0.29) is 17.3 Å². The summed E-state index contributed by atoms with van der Waals surface area (Å²) in [4.78, 5) is 17.0. The van der Waals surface area contributed by atoms with Gasteiger partial charge in [-0.25, -0.2) is 4.98 Å². The molecule has 112 valence electrons. The predicted octanol–water partition coefficient (Wildman–Crippen LogP) is 1.85. The van der Waals surface area contributed by atoms with Gasteiger partial charge >= 0.3 is 0 Å². The smallest absolute Gasteiger partial charge is 0.265 e. The van der Waals surface area contributed by atoms with E-state index in [0.29, 0.717) is 23.2 Å². The Morgan fingerprint density at radius 1 is 1.55 bits per heavy atom. The summed E-state index contributed by atoms with van der Waals surface area (Å²) >= 11 is 1.29. The molecule has 0 unspecified atom stereocenters. The summed E-state index contributed by atoms with van der Waals surface area (Å²) in [6.07, 6.45) is 4.23. The molecule has 0 atom stereocenters. The maximum atomic E-state index is 12.3. The lowest BCUT2D eigenvalue weighted by Crippen LogP contribution is -2.52. The lowest BCUT2D eigenvalue weighted by Gasteiger charge is -2.41. The number of hydrogen-bond acceptors (Lipinski definition) is 6. The Bertz CT molecular complexity index is 465. The average molecular weight is 298 g/mol. The summed E-state index contributed by atoms with van der Waals surface area (Å²) in [6, 6.07) is 0. The van der Waals surface area contributed by atoms with Crippen LogP contribution in [0.5, 0.6) is 0 Å². The third-order valence-corrected chi connectivity index (χ3v) is 4.84. The zero-order valence-electron chi connectivity index (χ0n) is 12.0. The van der Waals surface area contributed by atoms with Gasteiger partial charge in [0.25, 0.3) is 5.91 Å². The van der Waals surface area contributed by atoms with Gasteiger partial charge in [0.2, 0.25) is 0 Å². The van der Waals surface area contributed by atoms with E-state index in [2.05, 4.69) is 22.5 Å². The van der Waals surface area contributed by atoms with Crippen LogP contribution < -0.4 is 16.4 Å². The number of aromatic nitrogens is 1. The molecule has 1 aromatic heterocycles. The van der Waals surface area contributed by atoms with Crippen LogP contribution in [-0.2, 0) is 4.74 Å². The predicted molar refractivity (Wildman–Crippen MR) is 81.2 cm³/mol. The molecule has 20 heavy (non-hydrogen) atoms. The summed E-state index contributed by atoms with van der Waals surface area (Å²) in [6.45, 7) is 3.33. The quantitative estimate of drug-likeness (QED) is 0.668. The molecule has 1 fully saturated rings. The van der Waals surface area contributed by atoms with Crippen LogP contribution in [0.3, 0.4) is 0 Å². The highest BCUT2D eigenvalue weighted by Crippen LogP contribution is 2.35. The normalized spacial score (nSPS) is 16.5. The van der Waals surface area contributed by atoms with Crippen molar-refractivity contribution in [3.05, 3.63) is 4.88 Å². The Balaban J connectivity index is 1.99. The maximum Gasteiger partial charge on any atom is 0.265 e. The Labute approximate surface area is 123 Å². The number of carbonyl (C=O) groups is 1. The fourth-order valence-electron chi connectivity index (χ4n) is 2.30. The van der Waals surface area contributed by atoms with E-state index in [1.165, 1.54) is 17.8 Å². The highest BCUT2D eigenvalue weighted by molar-refractivity contribution is 7.18. The molecule has 1 amide bonds. The molecule has 1 aromatic rings. The van der Waals surface area contributed by atoms with Crippen LogP contribution in [-0.4, -0.2) is 36.7 Å². The van der Waals surface area contributed by atoms with Crippen molar-refractivity contribution in [1.29, 1.82) is 0 Å². The number of nitrogen functional groups attached to an aromatic ring is 1. The Morgan fingerprint density at radius 3 is 2.85 bits per heavy atom. The number of thiazole rings is 1. The third kappa shape index (κ3) is 3.21. The number of methoxy groups -OCH3 is 1. The number of carbonyl (C=O) groups excluding carboxylic acids is 1. The van der Waals surface area contributed by atoms with E-state index in [1.807, 2.05) is 0 Å². The van der Waals surface area contributed by atoms with Gasteiger partial charge < -0.3 is 21.1 Å². The molecule has 0 saturated heterocycles. The van der Waals surface area contributed by atoms with Gasteiger partial charge in [-0.1, -0.05) is 18.3 Å². The summed E-state index contributed by atoms with van der Waals surface area (Å²) in [7, 11) is 1.64. The van der Waals surface area contributed by atoms with Crippen LogP contribution in [0.25, 0.3) is 0 Å². The molecule has 0 aromatic carbocycles. The molecular weight excluding hydrogens is 276 g/mol. The average Bonchev–Trinajstić information content (AvgIpc) is 2.75. The zero-order valence-corrected chi connectivity index (χ0v) is 12.8. The molecule has 0 spiro atoms. The molecule has 1 aliphatic carbocycles. The first-order chi connectivity index (χ1) is 9.60. The minimum atomic E-state index is -0.110. The monoisotopic (exact) mass is 298 g/mol. The van der Waals surface area contributed by atoms with Gasteiger partial charge in [0.1, 0.15) is 10.7 Å². The van der Waals surface area contributed by atoms with Crippen molar-refractivity contribution in [3.63, 3.8) is 0 Å². The van der Waals surface area contributed by atoms with E-state index in [1.54, 1.807) is 7.11 Å². The van der Waals surface area contributed by atoms with Crippen LogP contribution in [0.1, 0.15) is 42.3 Å². The van der Waals surface area contributed by atoms with Crippen molar-refractivity contribution < 1.29 is 9.53 Å². The van der Waals surface area contributed by atoms with Crippen LogP contribution in [0.15, 0.2) is 0 Å². The first-order valence-electron chi connectivity index (χ1n) is 6.92. The minimum Gasteiger partial charge on any atom is -0.383 e. The van der Waals surface area contributed by atoms with E-state index in [9.17, 15) is 4.79 Å². The van der Waals surface area contributed by atoms with Crippen LogP contribution >= 0.6 is 11.3 Å². The number of hydrogen-bond donors (Lipinski definition) is 3. The molecule has 0 bridgehead atoms. The zero-order chi connectivity index (χ0) is 14.6. The van der Waals surface area contributed by atoms with Gasteiger partial charge in [0.15, 0.2) is 5.13 Å². The highest BCUT2D eigenvalue weighted by atomic mass is 32.1. The summed E-state index contributed by atoms with van der Waals surface area (Å²) in [5, 5.41) is 6.86. The van der Waals surface area contributed by atoms with Crippen molar-refractivity contribution in [2.24, 2.45) is 0 Å². The van der Waals surface area contributed by atoms with Gasteiger partial charge in [-0.2, -0.15) is 0 Å².